The third-order valence-corrected chi connectivity index (χ3v) is 3.11. The van der Waals surface area contributed by atoms with Crippen LogP contribution in [0.3, 0.4) is 0 Å². The lowest BCUT2D eigenvalue weighted by atomic mass is 10.2. The van der Waals surface area contributed by atoms with Gasteiger partial charge in [-0.25, -0.2) is 4.72 Å². The van der Waals surface area contributed by atoms with Crippen LogP contribution in [-0.4, -0.2) is 32.1 Å². The van der Waals surface area contributed by atoms with Gasteiger partial charge in [0.15, 0.2) is 0 Å². The van der Waals surface area contributed by atoms with Gasteiger partial charge in [-0.05, 0) is 12.3 Å². The monoisotopic (exact) mass is 252 g/mol. The van der Waals surface area contributed by atoms with Crippen LogP contribution in [0.2, 0.25) is 0 Å². The zero-order valence-corrected chi connectivity index (χ0v) is 10.7. The fraction of sp³-hybridized carbons (Fsp3) is 0.889. The Morgan fingerprint density at radius 1 is 1.38 bits per heavy atom. The Kier molecular flexibility index (Phi) is 6.54. The standard InChI is InChI=1S/C9H20N2O4S/c1-4-8(5-9(12)13)11-16(14,15)10-6-7(2)3/h7-8,10-11H,4-6H2,1-3H3,(H,12,13). The van der Waals surface area contributed by atoms with Gasteiger partial charge in [-0.1, -0.05) is 20.8 Å². The molecule has 3 N–H and O–H groups in total. The summed E-state index contributed by atoms with van der Waals surface area (Å²) in [4.78, 5) is 10.5. The van der Waals surface area contributed by atoms with Gasteiger partial charge in [-0.15, -0.1) is 0 Å². The van der Waals surface area contributed by atoms with Crippen LogP contribution in [0.4, 0.5) is 0 Å². The summed E-state index contributed by atoms with van der Waals surface area (Å²) in [6, 6.07) is -0.567. The molecular weight excluding hydrogens is 232 g/mol. The van der Waals surface area contributed by atoms with Gasteiger partial charge in [-0.2, -0.15) is 13.1 Å². The van der Waals surface area contributed by atoms with E-state index in [-0.39, 0.29) is 12.3 Å². The number of aliphatic carboxylic acids is 1. The number of carboxylic acid groups (broad SMARTS) is 1. The van der Waals surface area contributed by atoms with E-state index in [1.54, 1.807) is 6.92 Å². The maximum atomic E-state index is 11.5. The van der Waals surface area contributed by atoms with Crippen molar-refractivity contribution in [1.82, 2.24) is 9.44 Å². The highest BCUT2D eigenvalue weighted by Crippen LogP contribution is 1.99. The summed E-state index contributed by atoms with van der Waals surface area (Å²) < 4.78 is 27.6. The van der Waals surface area contributed by atoms with Gasteiger partial charge in [0.25, 0.3) is 10.2 Å². The lowest BCUT2D eigenvalue weighted by Crippen LogP contribution is -2.44. The van der Waals surface area contributed by atoms with E-state index in [2.05, 4.69) is 9.44 Å². The summed E-state index contributed by atoms with van der Waals surface area (Å²) in [5.41, 5.74) is 0. The molecule has 96 valence electrons. The fourth-order valence-corrected chi connectivity index (χ4v) is 2.34. The van der Waals surface area contributed by atoms with Crippen molar-refractivity contribution in [3.05, 3.63) is 0 Å². The summed E-state index contributed by atoms with van der Waals surface area (Å²) in [7, 11) is -3.60. The van der Waals surface area contributed by atoms with Crippen LogP contribution >= 0.6 is 0 Å². The molecule has 16 heavy (non-hydrogen) atoms. The van der Waals surface area contributed by atoms with Crippen molar-refractivity contribution in [2.45, 2.75) is 39.7 Å². The Morgan fingerprint density at radius 3 is 2.31 bits per heavy atom. The van der Waals surface area contributed by atoms with E-state index in [0.29, 0.717) is 13.0 Å². The van der Waals surface area contributed by atoms with Crippen molar-refractivity contribution in [3.8, 4) is 0 Å². The van der Waals surface area contributed by atoms with Crippen molar-refractivity contribution in [2.24, 2.45) is 5.92 Å². The van der Waals surface area contributed by atoms with Gasteiger partial charge in [0.05, 0.1) is 6.42 Å². The molecule has 0 amide bonds. The van der Waals surface area contributed by atoms with Gasteiger partial charge in [0.1, 0.15) is 0 Å². The molecule has 0 saturated carbocycles. The molecule has 0 aliphatic carbocycles. The van der Waals surface area contributed by atoms with Crippen molar-refractivity contribution >= 4 is 16.2 Å². The summed E-state index contributed by atoms with van der Waals surface area (Å²) in [6.07, 6.45) is 0.230. The summed E-state index contributed by atoms with van der Waals surface area (Å²) in [5.74, 6) is -0.811. The normalized spacial score (nSPS) is 14.0. The fourth-order valence-electron chi connectivity index (χ4n) is 1.02. The zero-order valence-electron chi connectivity index (χ0n) is 9.86. The Bertz CT molecular complexity index is 313. The number of hydrogen-bond donors (Lipinski definition) is 3. The van der Waals surface area contributed by atoms with E-state index >= 15 is 0 Å². The van der Waals surface area contributed by atoms with Gasteiger partial charge < -0.3 is 5.11 Å². The smallest absolute Gasteiger partial charge is 0.304 e. The molecule has 0 saturated heterocycles. The van der Waals surface area contributed by atoms with Crippen molar-refractivity contribution in [2.75, 3.05) is 6.54 Å². The van der Waals surface area contributed by atoms with E-state index in [4.69, 9.17) is 5.11 Å². The molecule has 0 aromatic heterocycles. The molecule has 0 aliphatic heterocycles. The average molecular weight is 252 g/mol. The average Bonchev–Trinajstić information content (AvgIpc) is 2.13. The van der Waals surface area contributed by atoms with Gasteiger partial charge >= 0.3 is 5.97 Å². The van der Waals surface area contributed by atoms with E-state index in [1.165, 1.54) is 0 Å². The number of carbonyl (C=O) groups is 1. The van der Waals surface area contributed by atoms with Crippen molar-refractivity contribution in [1.29, 1.82) is 0 Å². The Hall–Kier alpha value is -0.660. The van der Waals surface area contributed by atoms with E-state index in [0.717, 1.165) is 0 Å². The highest BCUT2D eigenvalue weighted by atomic mass is 32.2. The Labute approximate surface area is 96.6 Å². The largest absolute Gasteiger partial charge is 0.481 e. The lowest BCUT2D eigenvalue weighted by molar-refractivity contribution is -0.137. The maximum Gasteiger partial charge on any atom is 0.304 e. The predicted octanol–water partition coefficient (Wildman–Crippen LogP) is 0.320. The molecule has 0 rings (SSSR count). The van der Waals surface area contributed by atoms with Crippen molar-refractivity contribution in [3.63, 3.8) is 0 Å². The third kappa shape index (κ3) is 7.61. The predicted molar refractivity (Wildman–Crippen MR) is 61.2 cm³/mol. The Balaban J connectivity index is 4.26. The lowest BCUT2D eigenvalue weighted by Gasteiger charge is -2.16. The second-order valence-electron chi connectivity index (χ2n) is 4.07. The maximum absolute atomic E-state index is 11.5. The van der Waals surface area contributed by atoms with E-state index in [9.17, 15) is 13.2 Å². The summed E-state index contributed by atoms with van der Waals surface area (Å²) in [5, 5.41) is 8.57. The van der Waals surface area contributed by atoms with Gasteiger partial charge in [-0.3, -0.25) is 4.79 Å². The molecule has 0 bridgehead atoms. The first-order valence-electron chi connectivity index (χ1n) is 5.25. The molecule has 7 heteroatoms. The molecule has 0 aromatic rings. The molecule has 0 fully saturated rings. The first-order valence-corrected chi connectivity index (χ1v) is 6.73. The minimum atomic E-state index is -3.60. The first kappa shape index (κ1) is 15.3. The van der Waals surface area contributed by atoms with Crippen LogP contribution in [0.15, 0.2) is 0 Å². The highest BCUT2D eigenvalue weighted by molar-refractivity contribution is 7.87. The third-order valence-electron chi connectivity index (χ3n) is 1.92. The second kappa shape index (κ2) is 6.82. The number of carboxylic acids is 1. The highest BCUT2D eigenvalue weighted by Gasteiger charge is 2.18. The summed E-state index contributed by atoms with van der Waals surface area (Å²) in [6.45, 7) is 5.84. The van der Waals surface area contributed by atoms with E-state index < -0.39 is 22.2 Å². The van der Waals surface area contributed by atoms with Crippen LogP contribution in [-0.2, 0) is 15.0 Å². The van der Waals surface area contributed by atoms with Crippen LogP contribution < -0.4 is 9.44 Å². The molecular formula is C9H20N2O4S. The molecule has 0 aromatic carbocycles. The summed E-state index contributed by atoms with van der Waals surface area (Å²) >= 11 is 0. The first-order chi connectivity index (χ1) is 7.26. The second-order valence-corrected chi connectivity index (χ2v) is 5.60. The molecule has 0 heterocycles. The van der Waals surface area contributed by atoms with Crippen LogP contribution in [0.25, 0.3) is 0 Å². The Morgan fingerprint density at radius 2 is 1.94 bits per heavy atom. The molecule has 1 atom stereocenters. The molecule has 0 aliphatic rings. The molecule has 0 radical (unpaired) electrons. The van der Waals surface area contributed by atoms with E-state index in [1.807, 2.05) is 13.8 Å². The number of hydrogen-bond acceptors (Lipinski definition) is 3. The van der Waals surface area contributed by atoms with Crippen LogP contribution in [0.5, 0.6) is 0 Å². The molecule has 0 spiro atoms. The van der Waals surface area contributed by atoms with Crippen LogP contribution in [0, 0.1) is 5.92 Å². The quantitative estimate of drug-likeness (QED) is 0.579. The molecule has 1 unspecified atom stereocenters. The topological polar surface area (TPSA) is 95.5 Å². The minimum absolute atomic E-state index is 0.205. The number of rotatable bonds is 8. The SMILES string of the molecule is CCC(CC(=O)O)NS(=O)(=O)NCC(C)C. The van der Waals surface area contributed by atoms with Gasteiger partial charge in [0, 0.05) is 12.6 Å². The zero-order chi connectivity index (χ0) is 12.8. The minimum Gasteiger partial charge on any atom is -0.481 e. The van der Waals surface area contributed by atoms with Crippen LogP contribution in [0.1, 0.15) is 33.6 Å². The van der Waals surface area contributed by atoms with Gasteiger partial charge in [0.2, 0.25) is 0 Å². The van der Waals surface area contributed by atoms with Crippen molar-refractivity contribution < 1.29 is 18.3 Å². The molecule has 6 nitrogen and oxygen atoms in total. The number of nitrogens with one attached hydrogen (secondary N) is 2.